The van der Waals surface area contributed by atoms with Crippen LogP contribution in [0.1, 0.15) is 0 Å². The van der Waals surface area contributed by atoms with Gasteiger partial charge in [0.2, 0.25) is 0 Å². The molecule has 0 saturated carbocycles. The molecular formula is C21H17N3Se. The maximum atomic E-state index is 6.54. The van der Waals surface area contributed by atoms with Gasteiger partial charge in [0.15, 0.2) is 0 Å². The molecule has 0 spiro atoms. The summed E-state index contributed by atoms with van der Waals surface area (Å²) in [4.78, 5) is 0. The van der Waals surface area contributed by atoms with Gasteiger partial charge in [-0.3, -0.25) is 0 Å². The summed E-state index contributed by atoms with van der Waals surface area (Å²) >= 11 is 0.0869. The van der Waals surface area contributed by atoms with Crippen LogP contribution in [-0.2, 0) is 0 Å². The topological polar surface area (TPSA) is 43.8 Å². The van der Waals surface area contributed by atoms with Crippen molar-refractivity contribution in [1.29, 1.82) is 0 Å². The Labute approximate surface area is 153 Å². The van der Waals surface area contributed by atoms with E-state index in [1.807, 2.05) is 59.3 Å². The van der Waals surface area contributed by atoms with Gasteiger partial charge in [-0.1, -0.05) is 0 Å². The minimum absolute atomic E-state index is 0.0869. The summed E-state index contributed by atoms with van der Waals surface area (Å²) in [6.07, 6.45) is 0. The first-order chi connectivity index (χ1) is 12.3. The van der Waals surface area contributed by atoms with E-state index < -0.39 is 0 Å². The third kappa shape index (κ3) is 3.22. The van der Waals surface area contributed by atoms with Gasteiger partial charge in [0, 0.05) is 0 Å². The summed E-state index contributed by atoms with van der Waals surface area (Å²) in [5.74, 6) is 0.717. The van der Waals surface area contributed by atoms with Crippen LogP contribution in [0.25, 0.3) is 16.9 Å². The fourth-order valence-corrected chi connectivity index (χ4v) is 4.72. The number of para-hydroxylation sites is 1. The van der Waals surface area contributed by atoms with E-state index in [2.05, 4.69) is 36.4 Å². The zero-order valence-electron chi connectivity index (χ0n) is 13.5. The number of benzene rings is 3. The van der Waals surface area contributed by atoms with Gasteiger partial charge in [-0.05, 0) is 0 Å². The third-order valence-electron chi connectivity index (χ3n) is 3.89. The van der Waals surface area contributed by atoms with Crippen LogP contribution in [0.4, 0.5) is 5.82 Å². The summed E-state index contributed by atoms with van der Waals surface area (Å²) in [5.41, 5.74) is 9.57. The number of hydrogen-bond acceptors (Lipinski definition) is 2. The molecule has 1 aromatic heterocycles. The molecule has 0 saturated heterocycles. The second kappa shape index (κ2) is 6.98. The van der Waals surface area contributed by atoms with Crippen molar-refractivity contribution < 1.29 is 0 Å². The number of anilines is 1. The second-order valence-electron chi connectivity index (χ2n) is 5.59. The number of nitrogens with two attached hydrogens (primary N) is 1. The van der Waals surface area contributed by atoms with Gasteiger partial charge in [-0.2, -0.15) is 0 Å². The summed E-state index contributed by atoms with van der Waals surface area (Å²) in [7, 11) is 0. The average molecular weight is 390 g/mol. The van der Waals surface area contributed by atoms with Crippen LogP contribution in [-0.4, -0.2) is 24.7 Å². The standard InChI is InChI=1S/C21H17N3Se/c22-21-20(25-18-14-8-3-9-15-18)19(16-10-4-1-5-11-16)23-24(21)17-12-6-2-7-13-17/h1-15H,22H2. The van der Waals surface area contributed by atoms with Crippen LogP contribution < -0.4 is 14.7 Å². The molecule has 3 aromatic carbocycles. The molecule has 0 fully saturated rings. The van der Waals surface area contributed by atoms with Crippen molar-refractivity contribution in [2.45, 2.75) is 0 Å². The second-order valence-corrected chi connectivity index (χ2v) is 7.87. The Balaban J connectivity index is 1.87. The van der Waals surface area contributed by atoms with Crippen LogP contribution in [0, 0.1) is 0 Å². The fraction of sp³-hybridized carbons (Fsp3) is 0. The monoisotopic (exact) mass is 391 g/mol. The first kappa shape index (κ1) is 15.7. The first-order valence-electron chi connectivity index (χ1n) is 8.05. The van der Waals surface area contributed by atoms with E-state index in [-0.39, 0.29) is 15.0 Å². The number of hydrogen-bond donors (Lipinski definition) is 1. The van der Waals surface area contributed by atoms with Crippen molar-refractivity contribution in [3.8, 4) is 16.9 Å². The summed E-state index contributed by atoms with van der Waals surface area (Å²) in [6.45, 7) is 0. The molecule has 0 atom stereocenters. The molecule has 0 bridgehead atoms. The van der Waals surface area contributed by atoms with E-state index >= 15 is 0 Å². The van der Waals surface area contributed by atoms with Crippen LogP contribution >= 0.6 is 0 Å². The zero-order valence-corrected chi connectivity index (χ0v) is 15.3. The number of rotatable bonds is 4. The first-order valence-corrected chi connectivity index (χ1v) is 9.76. The van der Waals surface area contributed by atoms with Crippen molar-refractivity contribution >= 4 is 29.7 Å². The molecule has 4 heteroatoms. The van der Waals surface area contributed by atoms with E-state index in [0.29, 0.717) is 5.82 Å². The number of nitrogen functional groups attached to an aromatic ring is 1. The number of aromatic nitrogens is 2. The van der Waals surface area contributed by atoms with E-state index in [1.165, 1.54) is 4.46 Å². The minimum atomic E-state index is 0.0869. The Morgan fingerprint density at radius 2 is 1.28 bits per heavy atom. The van der Waals surface area contributed by atoms with E-state index in [1.54, 1.807) is 0 Å². The van der Waals surface area contributed by atoms with E-state index in [9.17, 15) is 0 Å². The van der Waals surface area contributed by atoms with Gasteiger partial charge in [0.25, 0.3) is 0 Å². The van der Waals surface area contributed by atoms with E-state index in [0.717, 1.165) is 21.4 Å². The van der Waals surface area contributed by atoms with Crippen LogP contribution in [0.5, 0.6) is 0 Å². The Morgan fingerprint density at radius 3 is 1.92 bits per heavy atom. The molecule has 0 radical (unpaired) electrons. The van der Waals surface area contributed by atoms with Crippen LogP contribution in [0.3, 0.4) is 0 Å². The molecule has 122 valence electrons. The molecule has 1 heterocycles. The van der Waals surface area contributed by atoms with Gasteiger partial charge >= 0.3 is 153 Å². The van der Waals surface area contributed by atoms with Crippen LogP contribution in [0.15, 0.2) is 91.0 Å². The Bertz CT molecular complexity index is 964. The van der Waals surface area contributed by atoms with Crippen molar-refractivity contribution in [2.24, 2.45) is 0 Å². The molecule has 4 aromatic rings. The molecule has 0 aliphatic rings. The quantitative estimate of drug-likeness (QED) is 0.545. The van der Waals surface area contributed by atoms with Gasteiger partial charge in [-0.15, -0.1) is 0 Å². The molecule has 0 aliphatic heterocycles. The van der Waals surface area contributed by atoms with Crippen molar-refractivity contribution in [2.75, 3.05) is 5.73 Å². The summed E-state index contributed by atoms with van der Waals surface area (Å²) < 4.78 is 4.25. The van der Waals surface area contributed by atoms with Gasteiger partial charge in [0.1, 0.15) is 0 Å². The van der Waals surface area contributed by atoms with Crippen LogP contribution in [0.2, 0.25) is 0 Å². The predicted octanol–water partition coefficient (Wildman–Crippen LogP) is 2.78. The average Bonchev–Trinajstić information content (AvgIpc) is 3.01. The van der Waals surface area contributed by atoms with Gasteiger partial charge < -0.3 is 0 Å². The predicted molar refractivity (Wildman–Crippen MR) is 105 cm³/mol. The Kier molecular flexibility index (Phi) is 4.38. The van der Waals surface area contributed by atoms with Gasteiger partial charge in [0.05, 0.1) is 0 Å². The molecular weight excluding hydrogens is 373 g/mol. The van der Waals surface area contributed by atoms with Gasteiger partial charge in [-0.25, -0.2) is 0 Å². The van der Waals surface area contributed by atoms with E-state index in [4.69, 9.17) is 10.8 Å². The number of nitrogens with zero attached hydrogens (tertiary/aromatic N) is 2. The zero-order chi connectivity index (χ0) is 17.1. The summed E-state index contributed by atoms with van der Waals surface area (Å²) in [5, 5.41) is 4.85. The molecule has 0 aliphatic carbocycles. The SMILES string of the molecule is Nc1c([Se]c2ccccc2)c(-c2ccccc2)nn1-c1ccccc1. The van der Waals surface area contributed by atoms with Crippen molar-refractivity contribution in [3.63, 3.8) is 0 Å². The van der Waals surface area contributed by atoms with Crippen molar-refractivity contribution in [1.82, 2.24) is 9.78 Å². The maximum absolute atomic E-state index is 6.54. The van der Waals surface area contributed by atoms with Crippen molar-refractivity contribution in [3.05, 3.63) is 91.0 Å². The summed E-state index contributed by atoms with van der Waals surface area (Å²) in [6, 6.07) is 30.8. The third-order valence-corrected chi connectivity index (χ3v) is 6.23. The molecule has 25 heavy (non-hydrogen) atoms. The molecule has 3 nitrogen and oxygen atoms in total. The molecule has 0 amide bonds. The molecule has 0 unspecified atom stereocenters. The molecule has 2 N–H and O–H groups in total. The Morgan fingerprint density at radius 1 is 0.720 bits per heavy atom. The normalized spacial score (nSPS) is 10.7. The fourth-order valence-electron chi connectivity index (χ4n) is 2.67. The Hall–Kier alpha value is -2.81. The molecule has 4 rings (SSSR count).